The summed E-state index contributed by atoms with van der Waals surface area (Å²) in [6.07, 6.45) is 13.8. The zero-order chi connectivity index (χ0) is 22.4. The van der Waals surface area contributed by atoms with Crippen LogP contribution in [0.5, 0.6) is 0 Å². The van der Waals surface area contributed by atoms with Crippen molar-refractivity contribution in [2.24, 2.45) is 5.41 Å². The Labute approximate surface area is 191 Å². The normalized spacial score (nSPS) is 19.7. The topological polar surface area (TPSA) is 69.8 Å². The van der Waals surface area contributed by atoms with Crippen LogP contribution >= 0.6 is 0 Å². The summed E-state index contributed by atoms with van der Waals surface area (Å²) in [6.45, 7) is 5.39. The summed E-state index contributed by atoms with van der Waals surface area (Å²) in [5.74, 6) is 0.943. The van der Waals surface area contributed by atoms with Crippen LogP contribution in [0.25, 0.3) is 0 Å². The van der Waals surface area contributed by atoms with Crippen LogP contribution in [0.4, 0.5) is 5.82 Å². The summed E-state index contributed by atoms with van der Waals surface area (Å²) in [6, 6.07) is 7.54. The molecule has 1 N–H and O–H groups in total. The average Bonchev–Trinajstić information content (AvgIpc) is 3.36. The number of piperidine rings is 1. The predicted molar refractivity (Wildman–Crippen MR) is 126 cm³/mol. The van der Waals surface area contributed by atoms with E-state index in [1.165, 1.54) is 32.1 Å². The summed E-state index contributed by atoms with van der Waals surface area (Å²) < 4.78 is 5.43. The van der Waals surface area contributed by atoms with Gasteiger partial charge in [-0.25, -0.2) is 4.98 Å². The highest BCUT2D eigenvalue weighted by Crippen LogP contribution is 2.41. The lowest BCUT2D eigenvalue weighted by atomic mass is 9.70. The molecule has 3 heterocycles. The molecule has 1 saturated carbocycles. The first-order chi connectivity index (χ1) is 15.6. The van der Waals surface area contributed by atoms with Crippen LogP contribution in [0.2, 0.25) is 0 Å². The zero-order valence-corrected chi connectivity index (χ0v) is 19.3. The number of carbonyl (C=O) groups is 1. The van der Waals surface area contributed by atoms with Gasteiger partial charge in [0, 0.05) is 38.5 Å². The molecule has 1 amide bonds. The Hall–Kier alpha value is -2.18. The number of furan rings is 1. The van der Waals surface area contributed by atoms with E-state index in [0.29, 0.717) is 17.0 Å². The van der Waals surface area contributed by atoms with Crippen molar-refractivity contribution in [3.8, 4) is 0 Å². The van der Waals surface area contributed by atoms with Gasteiger partial charge in [0.15, 0.2) is 5.76 Å². The molecule has 0 bridgehead atoms. The predicted octanol–water partition coefficient (Wildman–Crippen LogP) is 4.82. The van der Waals surface area contributed by atoms with Gasteiger partial charge in [-0.15, -0.1) is 0 Å². The molecule has 1 aliphatic carbocycles. The fraction of sp³-hybridized carbons (Fsp3) is 0.615. The summed E-state index contributed by atoms with van der Waals surface area (Å²) in [5, 5.41) is 9.40. The first-order valence-corrected chi connectivity index (χ1v) is 12.2. The van der Waals surface area contributed by atoms with Crippen LogP contribution in [-0.2, 0) is 0 Å². The van der Waals surface area contributed by atoms with E-state index in [9.17, 15) is 9.90 Å². The number of aliphatic hydroxyl groups excluding tert-OH is 1. The Bertz CT molecular complexity index is 836. The Kier molecular flexibility index (Phi) is 7.63. The maximum atomic E-state index is 13.3. The van der Waals surface area contributed by atoms with Crippen molar-refractivity contribution in [3.05, 3.63) is 48.0 Å². The van der Waals surface area contributed by atoms with E-state index >= 15 is 0 Å². The summed E-state index contributed by atoms with van der Waals surface area (Å²) in [4.78, 5) is 22.3. The number of aryl methyl sites for hydroxylation is 1. The third kappa shape index (κ3) is 5.41. The number of hydrogen-bond donors (Lipinski definition) is 1. The lowest BCUT2D eigenvalue weighted by Crippen LogP contribution is -2.50. The standard InChI is InChI=1S/C26H37N3O3/c1-21-8-9-24(27-19-21)29(25(31)23-7-5-18-32-23)22-10-15-28(16-11-22)20-26(14-6-17-30)12-3-2-4-13-26/h5,7-9,18-19,22,30H,2-4,6,10-17,20H2,1H3. The van der Waals surface area contributed by atoms with Gasteiger partial charge in [-0.05, 0) is 74.6 Å². The summed E-state index contributed by atoms with van der Waals surface area (Å²) in [7, 11) is 0. The van der Waals surface area contributed by atoms with E-state index in [2.05, 4.69) is 9.88 Å². The highest BCUT2D eigenvalue weighted by atomic mass is 16.3. The first-order valence-electron chi connectivity index (χ1n) is 12.2. The minimum Gasteiger partial charge on any atom is -0.459 e. The first kappa shape index (κ1) is 23.0. The van der Waals surface area contributed by atoms with Crippen molar-refractivity contribution in [1.29, 1.82) is 0 Å². The number of likely N-dealkylation sites (tertiary alicyclic amines) is 1. The molecule has 0 atom stereocenters. The average molecular weight is 440 g/mol. The minimum absolute atomic E-state index is 0.110. The molecule has 2 aromatic heterocycles. The van der Waals surface area contributed by atoms with Crippen LogP contribution in [-0.4, -0.2) is 53.2 Å². The van der Waals surface area contributed by atoms with Gasteiger partial charge in [-0.1, -0.05) is 25.3 Å². The number of hydrogen-bond acceptors (Lipinski definition) is 5. The fourth-order valence-corrected chi connectivity index (χ4v) is 5.63. The van der Waals surface area contributed by atoms with Gasteiger partial charge in [-0.2, -0.15) is 0 Å². The molecule has 6 nitrogen and oxygen atoms in total. The van der Waals surface area contributed by atoms with Crippen LogP contribution in [0.15, 0.2) is 41.1 Å². The van der Waals surface area contributed by atoms with E-state index in [4.69, 9.17) is 4.42 Å². The molecule has 32 heavy (non-hydrogen) atoms. The molecule has 1 aliphatic heterocycles. The number of amides is 1. The smallest absolute Gasteiger partial charge is 0.295 e. The highest BCUT2D eigenvalue weighted by Gasteiger charge is 2.36. The largest absolute Gasteiger partial charge is 0.459 e. The molecule has 0 spiro atoms. The van der Waals surface area contributed by atoms with Gasteiger partial charge in [-0.3, -0.25) is 9.69 Å². The summed E-state index contributed by atoms with van der Waals surface area (Å²) in [5.41, 5.74) is 1.44. The van der Waals surface area contributed by atoms with Gasteiger partial charge in [0.2, 0.25) is 0 Å². The molecule has 1 saturated heterocycles. The van der Waals surface area contributed by atoms with Crippen LogP contribution < -0.4 is 4.90 Å². The molecule has 2 fully saturated rings. The van der Waals surface area contributed by atoms with E-state index in [1.54, 1.807) is 18.4 Å². The maximum Gasteiger partial charge on any atom is 0.295 e. The molecule has 2 aromatic rings. The number of anilines is 1. The number of aromatic nitrogens is 1. The summed E-state index contributed by atoms with van der Waals surface area (Å²) >= 11 is 0. The number of rotatable bonds is 8. The number of nitrogens with zero attached hydrogens (tertiary/aromatic N) is 3. The van der Waals surface area contributed by atoms with E-state index in [1.807, 2.05) is 30.2 Å². The Balaban J connectivity index is 1.45. The minimum atomic E-state index is -0.114. The van der Waals surface area contributed by atoms with Crippen molar-refractivity contribution < 1.29 is 14.3 Å². The van der Waals surface area contributed by atoms with E-state index < -0.39 is 0 Å². The number of aliphatic hydroxyl groups is 1. The lowest BCUT2D eigenvalue weighted by Gasteiger charge is -2.44. The van der Waals surface area contributed by atoms with Gasteiger partial charge in [0.1, 0.15) is 5.82 Å². The number of pyridine rings is 1. The second-order valence-corrected chi connectivity index (χ2v) is 9.74. The second-order valence-electron chi connectivity index (χ2n) is 9.74. The third-order valence-electron chi connectivity index (χ3n) is 7.35. The molecule has 0 unspecified atom stereocenters. The SMILES string of the molecule is Cc1ccc(N(C(=O)c2ccco2)C2CCN(CC3(CCCO)CCCCC3)CC2)nc1. The molecule has 0 radical (unpaired) electrons. The Morgan fingerprint density at radius 1 is 1.22 bits per heavy atom. The Morgan fingerprint density at radius 2 is 2.00 bits per heavy atom. The molecular weight excluding hydrogens is 402 g/mol. The van der Waals surface area contributed by atoms with Crippen molar-refractivity contribution in [2.75, 3.05) is 31.1 Å². The molecule has 4 rings (SSSR count). The molecule has 2 aliphatic rings. The maximum absolute atomic E-state index is 13.3. The lowest BCUT2D eigenvalue weighted by molar-refractivity contribution is 0.0697. The van der Waals surface area contributed by atoms with Gasteiger partial charge < -0.3 is 14.4 Å². The fourth-order valence-electron chi connectivity index (χ4n) is 5.63. The molecule has 0 aromatic carbocycles. The van der Waals surface area contributed by atoms with E-state index in [0.717, 1.165) is 50.9 Å². The van der Waals surface area contributed by atoms with Gasteiger partial charge in [0.25, 0.3) is 5.91 Å². The van der Waals surface area contributed by atoms with Crippen molar-refractivity contribution >= 4 is 11.7 Å². The molecular formula is C26H37N3O3. The third-order valence-corrected chi connectivity index (χ3v) is 7.35. The van der Waals surface area contributed by atoms with E-state index in [-0.39, 0.29) is 18.6 Å². The second kappa shape index (κ2) is 10.6. The van der Waals surface area contributed by atoms with Crippen LogP contribution in [0.3, 0.4) is 0 Å². The molecule has 174 valence electrons. The Morgan fingerprint density at radius 3 is 2.62 bits per heavy atom. The quantitative estimate of drug-likeness (QED) is 0.639. The van der Waals surface area contributed by atoms with Gasteiger partial charge >= 0.3 is 0 Å². The number of carbonyl (C=O) groups excluding carboxylic acids is 1. The highest BCUT2D eigenvalue weighted by molar-refractivity contribution is 6.04. The van der Waals surface area contributed by atoms with Crippen molar-refractivity contribution in [3.63, 3.8) is 0 Å². The molecule has 6 heteroatoms. The monoisotopic (exact) mass is 439 g/mol. The zero-order valence-electron chi connectivity index (χ0n) is 19.3. The van der Waals surface area contributed by atoms with Crippen molar-refractivity contribution in [1.82, 2.24) is 9.88 Å². The van der Waals surface area contributed by atoms with Crippen LogP contribution in [0.1, 0.15) is 73.9 Å². The van der Waals surface area contributed by atoms with Crippen LogP contribution in [0, 0.1) is 12.3 Å². The van der Waals surface area contributed by atoms with Crippen molar-refractivity contribution in [2.45, 2.75) is 70.8 Å². The van der Waals surface area contributed by atoms with Gasteiger partial charge in [0.05, 0.1) is 6.26 Å².